The van der Waals surface area contributed by atoms with Gasteiger partial charge in [-0.15, -0.1) is 4.40 Å². The number of amidine groups is 1. The molecule has 1 fully saturated rings. The molecule has 1 unspecified atom stereocenters. The Labute approximate surface area is 191 Å². The van der Waals surface area contributed by atoms with Crippen LogP contribution in [-0.2, 0) is 24.3 Å². The monoisotopic (exact) mass is 478 g/mol. The molecule has 0 aliphatic carbocycles. The van der Waals surface area contributed by atoms with Gasteiger partial charge in [0.2, 0.25) is 0 Å². The number of sulfonamides is 1. The Morgan fingerprint density at radius 3 is 2.41 bits per heavy atom. The van der Waals surface area contributed by atoms with E-state index in [9.17, 15) is 18.0 Å². The first-order valence-electron chi connectivity index (χ1n) is 10.1. The van der Waals surface area contributed by atoms with E-state index in [1.54, 1.807) is 52.4 Å². The number of fused-ring (bicyclic) bond motifs is 1. The highest BCUT2D eigenvalue weighted by molar-refractivity contribution is 7.90. The van der Waals surface area contributed by atoms with Gasteiger partial charge in [-0.3, -0.25) is 9.69 Å². The summed E-state index contributed by atoms with van der Waals surface area (Å²) in [5.74, 6) is -0.270. The lowest BCUT2D eigenvalue weighted by Crippen LogP contribution is -2.51. The highest BCUT2D eigenvalue weighted by atomic mass is 35.5. The fourth-order valence-electron chi connectivity index (χ4n) is 3.95. The van der Waals surface area contributed by atoms with Crippen LogP contribution < -0.4 is 0 Å². The van der Waals surface area contributed by atoms with Gasteiger partial charge in [-0.1, -0.05) is 23.7 Å². The van der Waals surface area contributed by atoms with Crippen molar-refractivity contribution in [1.82, 2.24) is 14.7 Å². The molecule has 32 heavy (non-hydrogen) atoms. The van der Waals surface area contributed by atoms with Crippen molar-refractivity contribution in [2.45, 2.75) is 6.04 Å². The second-order valence-corrected chi connectivity index (χ2v) is 9.84. The van der Waals surface area contributed by atoms with Crippen molar-refractivity contribution in [2.75, 3.05) is 45.6 Å². The fourth-order valence-corrected chi connectivity index (χ4v) is 5.04. The number of ether oxygens (including phenoxy) is 1. The molecule has 0 N–H and O–H groups in total. The molecule has 9 nitrogen and oxygen atoms in total. The predicted octanol–water partition coefficient (Wildman–Crippen LogP) is 1.20. The number of amides is 1. The molecule has 3 heterocycles. The Kier molecular flexibility index (Phi) is 6.36. The molecule has 4 rings (SSSR count). The first kappa shape index (κ1) is 22.5. The van der Waals surface area contributed by atoms with Gasteiger partial charge in [0.15, 0.2) is 0 Å². The third-order valence-corrected chi connectivity index (χ3v) is 7.06. The van der Waals surface area contributed by atoms with Gasteiger partial charge in [0.25, 0.3) is 15.9 Å². The van der Waals surface area contributed by atoms with E-state index in [4.69, 9.17) is 16.3 Å². The van der Waals surface area contributed by atoms with E-state index in [1.165, 1.54) is 7.11 Å². The molecule has 1 aromatic carbocycles. The molecular weight excluding hydrogens is 456 g/mol. The maximum Gasteiger partial charge on any atom is 0.327 e. The molecule has 11 heteroatoms. The number of carbonyl (C=O) groups excluding carboxylic acids is 2. The number of carbonyl (C=O) groups is 2. The van der Waals surface area contributed by atoms with Crippen molar-refractivity contribution in [3.05, 3.63) is 58.8 Å². The molecule has 170 valence electrons. The highest BCUT2D eigenvalue weighted by Crippen LogP contribution is 2.26. The maximum absolute atomic E-state index is 13.0. The van der Waals surface area contributed by atoms with Crippen LogP contribution in [0.15, 0.2) is 52.6 Å². The average Bonchev–Trinajstić information content (AvgIpc) is 2.79. The highest BCUT2D eigenvalue weighted by Gasteiger charge is 2.33. The van der Waals surface area contributed by atoms with Crippen LogP contribution in [0.3, 0.4) is 0 Å². The van der Waals surface area contributed by atoms with E-state index in [0.29, 0.717) is 42.6 Å². The van der Waals surface area contributed by atoms with Gasteiger partial charge in [-0.25, -0.2) is 13.2 Å². The van der Waals surface area contributed by atoms with Crippen LogP contribution in [0.4, 0.5) is 0 Å². The second kappa shape index (κ2) is 9.05. The molecule has 1 aromatic rings. The number of piperazine rings is 1. The zero-order valence-corrected chi connectivity index (χ0v) is 19.1. The SMILES string of the molecule is COC(=O)C(c1ccc(Cl)cc1)N1CCN(C(=O)C2=CN3CCS(=O)(=O)N=C3C=C2)CC1. The van der Waals surface area contributed by atoms with E-state index in [0.717, 1.165) is 5.56 Å². The number of methoxy groups -OCH3 is 1. The van der Waals surface area contributed by atoms with E-state index in [1.807, 2.05) is 4.90 Å². The summed E-state index contributed by atoms with van der Waals surface area (Å²) in [6.07, 6.45) is 4.79. The molecular formula is C21H23ClN4O5S. The summed E-state index contributed by atoms with van der Waals surface area (Å²) in [6, 6.07) is 6.50. The number of halogens is 1. The molecule has 0 radical (unpaired) electrons. The van der Waals surface area contributed by atoms with Crippen molar-refractivity contribution < 1.29 is 22.7 Å². The van der Waals surface area contributed by atoms with Crippen LogP contribution in [0, 0.1) is 0 Å². The van der Waals surface area contributed by atoms with Crippen LogP contribution >= 0.6 is 11.6 Å². The number of rotatable bonds is 4. The summed E-state index contributed by atoms with van der Waals surface area (Å²) in [4.78, 5) is 30.9. The normalized spacial score (nSPS) is 21.3. The van der Waals surface area contributed by atoms with E-state index in [2.05, 4.69) is 4.40 Å². The topological polar surface area (TPSA) is 99.6 Å². The zero-order chi connectivity index (χ0) is 22.9. The summed E-state index contributed by atoms with van der Waals surface area (Å²) in [5.41, 5.74) is 1.25. The minimum absolute atomic E-state index is 0.0827. The van der Waals surface area contributed by atoms with Gasteiger partial charge < -0.3 is 14.5 Å². The molecule has 0 spiro atoms. The minimum atomic E-state index is -3.44. The summed E-state index contributed by atoms with van der Waals surface area (Å²) in [7, 11) is -2.08. The van der Waals surface area contributed by atoms with Gasteiger partial charge in [-0.2, -0.15) is 0 Å². The van der Waals surface area contributed by atoms with Crippen molar-refractivity contribution in [1.29, 1.82) is 0 Å². The van der Waals surface area contributed by atoms with Crippen LogP contribution in [0.2, 0.25) is 5.02 Å². The number of nitrogens with zero attached hydrogens (tertiary/aromatic N) is 4. The van der Waals surface area contributed by atoms with Gasteiger partial charge in [0.05, 0.1) is 18.4 Å². The third kappa shape index (κ3) is 4.72. The zero-order valence-electron chi connectivity index (χ0n) is 17.5. The van der Waals surface area contributed by atoms with Gasteiger partial charge in [-0.05, 0) is 29.8 Å². The summed E-state index contributed by atoms with van der Waals surface area (Å²) >= 11 is 5.97. The van der Waals surface area contributed by atoms with Crippen molar-refractivity contribution in [3.63, 3.8) is 0 Å². The molecule has 0 bridgehead atoms. The lowest BCUT2D eigenvalue weighted by atomic mass is 10.0. The van der Waals surface area contributed by atoms with Crippen LogP contribution in [0.25, 0.3) is 0 Å². The Morgan fingerprint density at radius 1 is 1.06 bits per heavy atom. The Bertz CT molecular complexity index is 1110. The molecule has 3 aliphatic rings. The second-order valence-electron chi connectivity index (χ2n) is 7.65. The largest absolute Gasteiger partial charge is 0.468 e. The van der Waals surface area contributed by atoms with E-state index >= 15 is 0 Å². The van der Waals surface area contributed by atoms with Crippen LogP contribution in [0.1, 0.15) is 11.6 Å². The van der Waals surface area contributed by atoms with E-state index < -0.39 is 16.1 Å². The molecule has 0 saturated carbocycles. The standard InChI is InChI=1S/C21H23ClN4O5S/c1-31-21(28)19(15-2-5-17(22)6-3-15)24-8-10-25(11-9-24)20(27)16-4-7-18-23-32(29,30)13-12-26(18)14-16/h2-7,14,19H,8-13H2,1H3. The summed E-state index contributed by atoms with van der Waals surface area (Å²) in [5, 5.41) is 0.584. The van der Waals surface area contributed by atoms with E-state index in [-0.39, 0.29) is 24.2 Å². The quantitative estimate of drug-likeness (QED) is 0.599. The average molecular weight is 479 g/mol. The summed E-state index contributed by atoms with van der Waals surface area (Å²) in [6.45, 7) is 2.15. The Balaban J connectivity index is 1.43. The van der Waals surface area contributed by atoms with Crippen LogP contribution in [-0.4, -0.2) is 86.4 Å². The van der Waals surface area contributed by atoms with Gasteiger partial charge in [0.1, 0.15) is 11.9 Å². The van der Waals surface area contributed by atoms with Crippen molar-refractivity contribution >= 4 is 39.3 Å². The van der Waals surface area contributed by atoms with Crippen LogP contribution in [0.5, 0.6) is 0 Å². The number of esters is 1. The smallest absolute Gasteiger partial charge is 0.327 e. The number of hydrogen-bond donors (Lipinski definition) is 0. The maximum atomic E-state index is 13.0. The van der Waals surface area contributed by atoms with Crippen molar-refractivity contribution in [2.24, 2.45) is 4.40 Å². The lowest BCUT2D eigenvalue weighted by Gasteiger charge is -2.38. The predicted molar refractivity (Wildman–Crippen MR) is 120 cm³/mol. The van der Waals surface area contributed by atoms with Crippen molar-refractivity contribution in [3.8, 4) is 0 Å². The number of hydrogen-bond acceptors (Lipinski definition) is 7. The van der Waals surface area contributed by atoms with Gasteiger partial charge in [0, 0.05) is 43.9 Å². The third-order valence-electron chi connectivity index (χ3n) is 5.65. The summed E-state index contributed by atoms with van der Waals surface area (Å²) < 4.78 is 32.1. The molecule has 3 aliphatic heterocycles. The first-order valence-corrected chi connectivity index (χ1v) is 12.1. The number of benzene rings is 1. The molecule has 0 aromatic heterocycles. The molecule has 1 atom stereocenters. The molecule has 1 amide bonds. The fraction of sp³-hybridized carbons (Fsp3) is 0.381. The lowest BCUT2D eigenvalue weighted by molar-refractivity contribution is -0.148. The Hall–Kier alpha value is -2.69. The first-order chi connectivity index (χ1) is 15.3. The molecule has 1 saturated heterocycles. The van der Waals surface area contributed by atoms with Gasteiger partial charge >= 0.3 is 5.97 Å². The Morgan fingerprint density at radius 2 is 1.75 bits per heavy atom. The minimum Gasteiger partial charge on any atom is -0.468 e.